The van der Waals surface area contributed by atoms with Gasteiger partial charge >= 0.3 is 0 Å². The number of nitrogens with zero attached hydrogens (tertiary/aromatic N) is 4. The first-order valence-electron chi connectivity index (χ1n) is 9.76. The minimum absolute atomic E-state index is 0.000613. The molecule has 156 valence electrons. The molecular weight excluding hydrogens is 375 g/mol. The van der Waals surface area contributed by atoms with Crippen molar-refractivity contribution in [3.05, 3.63) is 52.2 Å². The van der Waals surface area contributed by atoms with Crippen LogP contribution in [0.2, 0.25) is 0 Å². The lowest BCUT2D eigenvalue weighted by atomic mass is 10.0. The van der Waals surface area contributed by atoms with Gasteiger partial charge in [0.25, 0.3) is 11.5 Å². The Morgan fingerprint density at radius 2 is 2.10 bits per heavy atom. The molecule has 1 aromatic carbocycles. The van der Waals surface area contributed by atoms with E-state index in [9.17, 15) is 14.0 Å². The zero-order chi connectivity index (χ0) is 21.1. The number of piperidine rings is 1. The average molecular weight is 402 g/mol. The van der Waals surface area contributed by atoms with Gasteiger partial charge in [-0.1, -0.05) is 0 Å². The van der Waals surface area contributed by atoms with E-state index < -0.39 is 5.82 Å². The Bertz CT molecular complexity index is 944. The highest BCUT2D eigenvalue weighted by Crippen LogP contribution is 2.24. The number of benzene rings is 1. The van der Waals surface area contributed by atoms with E-state index >= 15 is 0 Å². The summed E-state index contributed by atoms with van der Waals surface area (Å²) in [5.41, 5.74) is 0.552. The summed E-state index contributed by atoms with van der Waals surface area (Å²) in [5, 5.41) is 4.35. The quantitative estimate of drug-likeness (QED) is 0.769. The van der Waals surface area contributed by atoms with Crippen LogP contribution in [0.3, 0.4) is 0 Å². The lowest BCUT2D eigenvalue weighted by Crippen LogP contribution is -2.43. The molecule has 1 aliphatic heterocycles. The maximum Gasteiger partial charge on any atom is 0.269 e. The van der Waals surface area contributed by atoms with Crippen molar-refractivity contribution in [2.75, 3.05) is 32.1 Å². The van der Waals surface area contributed by atoms with E-state index in [0.717, 1.165) is 18.5 Å². The molecule has 0 radical (unpaired) electrons. The van der Waals surface area contributed by atoms with Crippen LogP contribution in [0.25, 0.3) is 0 Å². The smallest absolute Gasteiger partial charge is 0.269 e. The number of rotatable bonds is 5. The summed E-state index contributed by atoms with van der Waals surface area (Å²) < 4.78 is 20.7. The number of aromatic nitrogens is 2. The van der Waals surface area contributed by atoms with Crippen molar-refractivity contribution in [1.82, 2.24) is 14.7 Å². The van der Waals surface area contributed by atoms with E-state index in [1.165, 1.54) is 23.9 Å². The molecule has 3 rings (SSSR count). The maximum atomic E-state index is 14.3. The van der Waals surface area contributed by atoms with Crippen LogP contribution in [0.1, 0.15) is 43.1 Å². The third-order valence-corrected chi connectivity index (χ3v) is 5.43. The fourth-order valence-corrected chi connectivity index (χ4v) is 3.48. The predicted octanol–water partition coefficient (Wildman–Crippen LogP) is 2.71. The first-order chi connectivity index (χ1) is 13.8. The molecule has 29 heavy (non-hydrogen) atoms. The average Bonchev–Trinajstić information content (AvgIpc) is 2.72. The zero-order valence-electron chi connectivity index (χ0n) is 17.3. The predicted molar refractivity (Wildman–Crippen MR) is 109 cm³/mol. The standard InChI is InChI=1S/C21H27FN4O3/c1-14(2)24(3)16-10-20(27)26(23-12-16)15-6-5-9-25(13-15)21(28)18-8-7-17(29-4)11-19(18)22/h7-8,10-12,14-15H,5-6,9,13H2,1-4H3. The van der Waals surface area contributed by atoms with E-state index in [1.54, 1.807) is 23.2 Å². The van der Waals surface area contributed by atoms with E-state index in [1.807, 2.05) is 25.8 Å². The Morgan fingerprint density at radius 3 is 2.72 bits per heavy atom. The lowest BCUT2D eigenvalue weighted by Gasteiger charge is -2.33. The molecule has 1 atom stereocenters. The second-order valence-corrected chi connectivity index (χ2v) is 7.59. The molecule has 1 aliphatic rings. The second kappa shape index (κ2) is 8.63. The van der Waals surface area contributed by atoms with Gasteiger partial charge in [0.15, 0.2) is 0 Å². The van der Waals surface area contributed by atoms with Crippen LogP contribution in [0.4, 0.5) is 10.1 Å². The molecule has 0 spiro atoms. The molecule has 8 heteroatoms. The number of carbonyl (C=O) groups is 1. The van der Waals surface area contributed by atoms with Crippen molar-refractivity contribution in [3.8, 4) is 5.75 Å². The molecule has 0 N–H and O–H groups in total. The van der Waals surface area contributed by atoms with Crippen molar-refractivity contribution >= 4 is 11.6 Å². The zero-order valence-corrected chi connectivity index (χ0v) is 17.3. The number of hydrogen-bond donors (Lipinski definition) is 0. The van der Waals surface area contributed by atoms with Gasteiger partial charge in [0.05, 0.1) is 30.6 Å². The van der Waals surface area contributed by atoms with Gasteiger partial charge < -0.3 is 14.5 Å². The number of methoxy groups -OCH3 is 1. The summed E-state index contributed by atoms with van der Waals surface area (Å²) in [7, 11) is 3.36. The van der Waals surface area contributed by atoms with Crippen LogP contribution in [-0.4, -0.2) is 53.9 Å². The monoisotopic (exact) mass is 402 g/mol. The van der Waals surface area contributed by atoms with Crippen LogP contribution in [0, 0.1) is 5.82 Å². The normalized spacial score (nSPS) is 16.8. The van der Waals surface area contributed by atoms with Crippen LogP contribution >= 0.6 is 0 Å². The van der Waals surface area contributed by atoms with Crippen LogP contribution in [-0.2, 0) is 0 Å². The van der Waals surface area contributed by atoms with Gasteiger partial charge in [-0.25, -0.2) is 9.07 Å². The van der Waals surface area contributed by atoms with Crippen molar-refractivity contribution < 1.29 is 13.9 Å². The molecule has 0 saturated carbocycles. The Kier molecular flexibility index (Phi) is 6.20. The van der Waals surface area contributed by atoms with Gasteiger partial charge in [-0.15, -0.1) is 0 Å². The largest absolute Gasteiger partial charge is 0.497 e. The highest BCUT2D eigenvalue weighted by molar-refractivity contribution is 5.94. The number of ether oxygens (including phenoxy) is 1. The van der Waals surface area contributed by atoms with E-state index in [-0.39, 0.29) is 29.1 Å². The summed E-state index contributed by atoms with van der Waals surface area (Å²) >= 11 is 0. The lowest BCUT2D eigenvalue weighted by molar-refractivity contribution is 0.0665. The number of halogens is 1. The fraction of sp³-hybridized carbons (Fsp3) is 0.476. The summed E-state index contributed by atoms with van der Waals surface area (Å²) in [4.78, 5) is 29.0. The number of amides is 1. The van der Waals surface area contributed by atoms with Crippen molar-refractivity contribution in [1.29, 1.82) is 0 Å². The first kappa shape index (κ1) is 20.8. The first-order valence-corrected chi connectivity index (χ1v) is 9.76. The van der Waals surface area contributed by atoms with Crippen LogP contribution in [0.15, 0.2) is 35.3 Å². The summed E-state index contributed by atoms with van der Waals surface area (Å²) in [6.45, 7) is 4.91. The molecular formula is C21H27FN4O3. The molecule has 7 nitrogen and oxygen atoms in total. The van der Waals surface area contributed by atoms with Crippen molar-refractivity contribution in [2.45, 2.75) is 38.8 Å². The minimum atomic E-state index is -0.618. The molecule has 0 bridgehead atoms. The van der Waals surface area contributed by atoms with Gasteiger partial charge in [-0.05, 0) is 38.8 Å². The van der Waals surface area contributed by atoms with Crippen molar-refractivity contribution in [2.24, 2.45) is 0 Å². The van der Waals surface area contributed by atoms with Gasteiger partial charge in [0, 0.05) is 38.3 Å². The molecule has 2 aromatic rings. The molecule has 1 saturated heterocycles. The van der Waals surface area contributed by atoms with Gasteiger partial charge in [0.1, 0.15) is 11.6 Å². The third kappa shape index (κ3) is 4.41. The highest BCUT2D eigenvalue weighted by Gasteiger charge is 2.28. The molecule has 1 aromatic heterocycles. The van der Waals surface area contributed by atoms with Crippen LogP contribution < -0.4 is 15.2 Å². The van der Waals surface area contributed by atoms with E-state index in [2.05, 4.69) is 5.10 Å². The topological polar surface area (TPSA) is 67.7 Å². The number of carbonyl (C=O) groups excluding carboxylic acids is 1. The maximum absolute atomic E-state index is 14.3. The number of anilines is 1. The van der Waals surface area contributed by atoms with Gasteiger partial charge in [0.2, 0.25) is 0 Å². The van der Waals surface area contributed by atoms with Gasteiger partial charge in [-0.2, -0.15) is 5.10 Å². The number of likely N-dealkylation sites (tertiary alicyclic amines) is 1. The summed E-state index contributed by atoms with van der Waals surface area (Å²) in [5.74, 6) is -0.648. The molecule has 0 aliphatic carbocycles. The van der Waals surface area contributed by atoms with E-state index in [4.69, 9.17) is 4.74 Å². The second-order valence-electron chi connectivity index (χ2n) is 7.59. The Labute approximate surface area is 169 Å². The Balaban J connectivity index is 1.79. The Hall–Kier alpha value is -2.90. The van der Waals surface area contributed by atoms with Crippen molar-refractivity contribution in [3.63, 3.8) is 0 Å². The molecule has 2 heterocycles. The molecule has 1 unspecified atom stereocenters. The third-order valence-electron chi connectivity index (χ3n) is 5.43. The summed E-state index contributed by atoms with van der Waals surface area (Å²) in [6, 6.07) is 5.77. The summed E-state index contributed by atoms with van der Waals surface area (Å²) in [6.07, 6.45) is 3.13. The Morgan fingerprint density at radius 1 is 1.34 bits per heavy atom. The van der Waals surface area contributed by atoms with Gasteiger partial charge in [-0.3, -0.25) is 9.59 Å². The van der Waals surface area contributed by atoms with E-state index in [0.29, 0.717) is 18.8 Å². The fourth-order valence-electron chi connectivity index (χ4n) is 3.48. The molecule has 1 fully saturated rings. The minimum Gasteiger partial charge on any atom is -0.497 e. The number of hydrogen-bond acceptors (Lipinski definition) is 5. The highest BCUT2D eigenvalue weighted by atomic mass is 19.1. The van der Waals surface area contributed by atoms with Crippen LogP contribution in [0.5, 0.6) is 5.75 Å². The molecule has 1 amide bonds. The SMILES string of the molecule is COc1ccc(C(=O)N2CCCC(n3ncc(N(C)C(C)C)cc3=O)C2)c(F)c1.